The van der Waals surface area contributed by atoms with E-state index in [1.807, 2.05) is 37.3 Å². The Morgan fingerprint density at radius 1 is 1.42 bits per heavy atom. The molecule has 128 valence electrons. The summed E-state index contributed by atoms with van der Waals surface area (Å²) in [5.41, 5.74) is 5.62. The number of carbonyl (C=O) groups is 1. The van der Waals surface area contributed by atoms with Crippen LogP contribution in [-0.4, -0.2) is 28.2 Å². The van der Waals surface area contributed by atoms with E-state index in [1.54, 1.807) is 4.90 Å². The molecule has 7 nitrogen and oxygen atoms in total. The number of nitrogens with zero attached hydrogens (tertiary/aromatic N) is 2. The van der Waals surface area contributed by atoms with Crippen molar-refractivity contribution in [3.05, 3.63) is 64.4 Å². The third-order valence-corrected chi connectivity index (χ3v) is 4.10. The fourth-order valence-electron chi connectivity index (χ4n) is 2.80. The summed E-state index contributed by atoms with van der Waals surface area (Å²) in [5, 5.41) is 20.6. The Kier molecular flexibility index (Phi) is 5.35. The van der Waals surface area contributed by atoms with Gasteiger partial charge in [-0.3, -0.25) is 14.9 Å². The number of benzene rings is 1. The van der Waals surface area contributed by atoms with Gasteiger partial charge in [-0.15, -0.1) is 0 Å². The minimum Gasteiger partial charge on any atom is -0.481 e. The van der Waals surface area contributed by atoms with Gasteiger partial charge in [-0.1, -0.05) is 31.5 Å². The molecular weight excluding hydrogens is 310 g/mol. The highest BCUT2D eigenvalue weighted by atomic mass is 16.6. The topological polar surface area (TPSA) is 110 Å². The molecule has 1 aliphatic rings. The molecule has 0 saturated carbocycles. The monoisotopic (exact) mass is 331 g/mol. The van der Waals surface area contributed by atoms with Crippen LogP contribution in [0.15, 0.2) is 54.3 Å². The molecule has 2 unspecified atom stereocenters. The fraction of sp³-hybridized carbons (Fsp3) is 0.353. The zero-order valence-corrected chi connectivity index (χ0v) is 13.5. The molecule has 1 aliphatic carbocycles. The van der Waals surface area contributed by atoms with E-state index >= 15 is 0 Å². The summed E-state index contributed by atoms with van der Waals surface area (Å²) in [6, 6.07) is 9.25. The van der Waals surface area contributed by atoms with Gasteiger partial charge in [-0.05, 0) is 24.6 Å². The Morgan fingerprint density at radius 2 is 2.08 bits per heavy atom. The van der Waals surface area contributed by atoms with Gasteiger partial charge < -0.3 is 15.7 Å². The zero-order valence-electron chi connectivity index (χ0n) is 13.5. The Hall–Kier alpha value is -2.67. The number of unbranched alkanes of at least 4 members (excludes halogenated alkanes) is 1. The molecule has 0 saturated heterocycles. The summed E-state index contributed by atoms with van der Waals surface area (Å²) in [6.07, 6.45) is 5.55. The Bertz CT molecular complexity index is 672. The van der Waals surface area contributed by atoms with Crippen LogP contribution in [0.25, 0.3) is 0 Å². The SMILES string of the molecule is CCCCN(c1ccccc1)C1(N)C=CC([N+](=O)[O-])=CC1C(=O)O. The van der Waals surface area contributed by atoms with Crippen molar-refractivity contribution < 1.29 is 14.8 Å². The molecule has 0 aromatic heterocycles. The number of hydrogen-bond acceptors (Lipinski definition) is 5. The second-order valence-corrected chi connectivity index (χ2v) is 5.73. The lowest BCUT2D eigenvalue weighted by Gasteiger charge is -2.44. The van der Waals surface area contributed by atoms with E-state index in [-0.39, 0.29) is 5.70 Å². The first-order valence-electron chi connectivity index (χ1n) is 7.80. The van der Waals surface area contributed by atoms with E-state index in [9.17, 15) is 20.0 Å². The van der Waals surface area contributed by atoms with Gasteiger partial charge in [0.2, 0.25) is 0 Å². The second-order valence-electron chi connectivity index (χ2n) is 5.73. The molecule has 0 aliphatic heterocycles. The number of hydrogen-bond donors (Lipinski definition) is 2. The lowest BCUT2D eigenvalue weighted by Crippen LogP contribution is -2.62. The molecule has 7 heteroatoms. The van der Waals surface area contributed by atoms with Gasteiger partial charge in [0.05, 0.1) is 4.92 Å². The lowest BCUT2D eigenvalue weighted by atomic mass is 9.85. The van der Waals surface area contributed by atoms with Crippen LogP contribution < -0.4 is 10.6 Å². The third-order valence-electron chi connectivity index (χ3n) is 4.10. The zero-order chi connectivity index (χ0) is 17.7. The summed E-state index contributed by atoms with van der Waals surface area (Å²) in [4.78, 5) is 23.9. The number of rotatable bonds is 7. The van der Waals surface area contributed by atoms with Crippen LogP contribution in [0.4, 0.5) is 5.69 Å². The molecule has 0 fully saturated rings. The summed E-state index contributed by atoms with van der Waals surface area (Å²) in [7, 11) is 0. The summed E-state index contributed by atoms with van der Waals surface area (Å²) >= 11 is 0. The predicted octanol–water partition coefficient (Wildman–Crippen LogP) is 2.38. The number of carboxylic acids is 1. The first-order valence-corrected chi connectivity index (χ1v) is 7.80. The van der Waals surface area contributed by atoms with Crippen LogP contribution in [0.1, 0.15) is 19.8 Å². The van der Waals surface area contributed by atoms with E-state index < -0.39 is 22.5 Å². The Balaban J connectivity index is 2.48. The molecule has 0 heterocycles. The van der Waals surface area contributed by atoms with E-state index in [2.05, 4.69) is 0 Å². The molecule has 0 radical (unpaired) electrons. The second kappa shape index (κ2) is 7.27. The van der Waals surface area contributed by atoms with Crippen molar-refractivity contribution in [2.45, 2.75) is 25.4 Å². The minimum absolute atomic E-state index is 0.257. The average Bonchev–Trinajstić information content (AvgIpc) is 2.56. The van der Waals surface area contributed by atoms with Gasteiger partial charge >= 0.3 is 5.97 Å². The first kappa shape index (κ1) is 17.7. The van der Waals surface area contributed by atoms with Crippen molar-refractivity contribution in [2.24, 2.45) is 11.7 Å². The van der Waals surface area contributed by atoms with Crippen LogP contribution in [0.3, 0.4) is 0 Å². The van der Waals surface area contributed by atoms with Crippen molar-refractivity contribution in [3.8, 4) is 0 Å². The summed E-state index contributed by atoms with van der Waals surface area (Å²) in [5.74, 6) is -2.42. The molecule has 24 heavy (non-hydrogen) atoms. The smallest absolute Gasteiger partial charge is 0.314 e. The van der Waals surface area contributed by atoms with Crippen LogP contribution in [-0.2, 0) is 4.79 Å². The van der Waals surface area contributed by atoms with Crippen molar-refractivity contribution in [1.82, 2.24) is 0 Å². The number of aliphatic carboxylic acids is 1. The first-order chi connectivity index (χ1) is 11.4. The van der Waals surface area contributed by atoms with Gasteiger partial charge in [0.25, 0.3) is 5.70 Å². The maximum atomic E-state index is 11.7. The molecule has 3 N–H and O–H groups in total. The average molecular weight is 331 g/mol. The van der Waals surface area contributed by atoms with Gasteiger partial charge in [-0.25, -0.2) is 0 Å². The number of anilines is 1. The minimum atomic E-state index is -1.37. The van der Waals surface area contributed by atoms with Crippen molar-refractivity contribution >= 4 is 11.7 Å². The van der Waals surface area contributed by atoms with Crippen LogP contribution in [0.5, 0.6) is 0 Å². The molecule has 0 spiro atoms. The van der Waals surface area contributed by atoms with Crippen molar-refractivity contribution in [3.63, 3.8) is 0 Å². The van der Waals surface area contributed by atoms with Gasteiger partial charge in [-0.2, -0.15) is 0 Å². The summed E-state index contributed by atoms with van der Waals surface area (Å²) in [6.45, 7) is 2.58. The Labute approximate surface area is 140 Å². The Morgan fingerprint density at radius 3 is 2.62 bits per heavy atom. The van der Waals surface area contributed by atoms with Crippen molar-refractivity contribution in [1.29, 1.82) is 0 Å². The summed E-state index contributed by atoms with van der Waals surface area (Å²) < 4.78 is 0. The number of allylic oxidation sites excluding steroid dienone is 1. The van der Waals surface area contributed by atoms with Crippen molar-refractivity contribution in [2.75, 3.05) is 11.4 Å². The standard InChI is InChI=1S/C17H21N3O4/c1-2-3-11-19(13-7-5-4-6-8-13)17(18)10-9-14(20(23)24)12-15(17)16(21)22/h4-10,12,15H,2-3,11,18H2,1H3,(H,21,22). The van der Waals surface area contributed by atoms with Gasteiger partial charge in [0, 0.05) is 24.4 Å². The number of carboxylic acid groups (broad SMARTS) is 1. The molecule has 2 atom stereocenters. The largest absolute Gasteiger partial charge is 0.481 e. The van der Waals surface area contributed by atoms with Gasteiger partial charge in [0.1, 0.15) is 11.6 Å². The molecule has 0 bridgehead atoms. The number of nitrogens with two attached hydrogens (primary N) is 1. The van der Waals surface area contributed by atoms with Gasteiger partial charge in [0.15, 0.2) is 0 Å². The van der Waals surface area contributed by atoms with E-state index in [4.69, 9.17) is 5.73 Å². The number of para-hydroxylation sites is 1. The third kappa shape index (κ3) is 3.46. The van der Waals surface area contributed by atoms with Crippen LogP contribution >= 0.6 is 0 Å². The fourth-order valence-corrected chi connectivity index (χ4v) is 2.80. The van der Waals surface area contributed by atoms with E-state index in [0.29, 0.717) is 6.54 Å². The predicted molar refractivity (Wildman–Crippen MR) is 91.0 cm³/mol. The molecule has 1 aromatic carbocycles. The highest BCUT2D eigenvalue weighted by molar-refractivity contribution is 5.77. The van der Waals surface area contributed by atoms with Crippen LogP contribution in [0.2, 0.25) is 0 Å². The van der Waals surface area contributed by atoms with E-state index in [1.165, 1.54) is 12.2 Å². The maximum Gasteiger partial charge on any atom is 0.314 e. The van der Waals surface area contributed by atoms with Crippen LogP contribution in [0, 0.1) is 16.0 Å². The highest BCUT2D eigenvalue weighted by Gasteiger charge is 2.45. The molecule has 2 rings (SSSR count). The molecule has 1 aromatic rings. The maximum absolute atomic E-state index is 11.7. The highest BCUT2D eigenvalue weighted by Crippen LogP contribution is 2.33. The van der Waals surface area contributed by atoms with E-state index in [0.717, 1.165) is 24.6 Å². The number of nitro groups is 1. The quantitative estimate of drug-likeness (QED) is 0.451. The lowest BCUT2D eigenvalue weighted by molar-refractivity contribution is -0.419. The molecular formula is C17H21N3O4. The molecule has 0 amide bonds. The normalized spacial score (nSPS) is 22.8.